The summed E-state index contributed by atoms with van der Waals surface area (Å²) in [7, 11) is 0. The minimum Gasteiger partial charge on any atom is -1.00 e. The molecule has 0 saturated carbocycles. The molecule has 76 heavy (non-hydrogen) atoms. The van der Waals surface area contributed by atoms with Crippen LogP contribution in [0.15, 0.2) is 122 Å². The van der Waals surface area contributed by atoms with E-state index in [0.717, 1.165) is 11.1 Å². The van der Waals surface area contributed by atoms with Crippen LogP contribution in [-0.2, 0) is 41.1 Å². The number of ether oxygens (including phenoxy) is 2. The van der Waals surface area contributed by atoms with Crippen LogP contribution in [0.4, 0.5) is 0 Å². The van der Waals surface area contributed by atoms with Gasteiger partial charge in [-0.1, -0.05) is 30.3 Å². The summed E-state index contributed by atoms with van der Waals surface area (Å²) in [6.45, 7) is -0.997. The van der Waals surface area contributed by atoms with E-state index >= 15 is 0 Å². The Morgan fingerprint density at radius 3 is 1.33 bits per heavy atom. The molecule has 407 valence electrons. The number of carbonyl (C=O) groups is 4. The zero-order valence-electron chi connectivity index (χ0n) is 39.3. The van der Waals surface area contributed by atoms with Gasteiger partial charge < -0.3 is 83.2 Å². The number of rotatable bonds is 15. The van der Waals surface area contributed by atoms with Gasteiger partial charge in [0.15, 0.2) is 0 Å². The zero-order valence-corrected chi connectivity index (χ0v) is 44.1. The van der Waals surface area contributed by atoms with E-state index in [1.165, 1.54) is 84.4 Å². The summed E-state index contributed by atoms with van der Waals surface area (Å²) in [4.78, 5) is 60.3. The third-order valence-corrected chi connectivity index (χ3v) is 13.7. The van der Waals surface area contributed by atoms with Crippen LogP contribution >= 0.6 is 23.5 Å². The molecule has 6 heterocycles. The number of aliphatic hydroxyl groups is 8. The Labute approximate surface area is 460 Å². The Balaban J connectivity index is 0.000000274. The molecular weight excluding hydrogens is 1240 g/mol. The quantitative estimate of drug-likeness (QED) is 0.0617. The Bertz CT molecular complexity index is 2690. The second-order valence-electron chi connectivity index (χ2n) is 16.3. The maximum Gasteiger partial charge on any atom is 0.335 e. The number of pyridine rings is 4. The topological polar surface area (TPSA) is 381 Å². The summed E-state index contributed by atoms with van der Waals surface area (Å²) >= 11 is 2.40. The normalized spacial score (nSPS) is 22.6. The predicted molar refractivity (Wildman–Crippen MR) is 265 cm³/mol. The zero-order chi connectivity index (χ0) is 53.6. The van der Waals surface area contributed by atoms with Crippen molar-refractivity contribution in [2.45, 2.75) is 71.2 Å². The summed E-state index contributed by atoms with van der Waals surface area (Å²) in [6, 6.07) is 25.2. The molecule has 26 heteroatoms. The maximum absolute atomic E-state index is 10.8. The van der Waals surface area contributed by atoms with Crippen molar-refractivity contribution in [3.05, 3.63) is 155 Å². The molecule has 2 fully saturated rings. The molecule has 2 aliphatic rings. The van der Waals surface area contributed by atoms with Gasteiger partial charge in [-0.05, 0) is 77.9 Å². The van der Waals surface area contributed by atoms with E-state index in [-0.39, 0.29) is 54.8 Å². The molecule has 0 bridgehead atoms. The second kappa shape index (κ2) is 29.6. The van der Waals surface area contributed by atoms with E-state index in [1.807, 2.05) is 12.1 Å². The molecule has 10 atom stereocenters. The third-order valence-electron chi connectivity index (χ3n) is 11.3. The van der Waals surface area contributed by atoms with Gasteiger partial charge in [0, 0.05) is 67.5 Å². The van der Waals surface area contributed by atoms with Crippen LogP contribution in [0.2, 0.25) is 0 Å². The van der Waals surface area contributed by atoms with Crippen molar-refractivity contribution >= 4 is 47.4 Å². The Kier molecular flexibility index (Phi) is 24.4. The minimum atomic E-state index is -1.45. The number of hydrogen-bond donors (Lipinski definition) is 12. The van der Waals surface area contributed by atoms with Crippen LogP contribution in [0.5, 0.6) is 0 Å². The largest absolute Gasteiger partial charge is 1.00 e. The van der Waals surface area contributed by atoms with Crippen LogP contribution in [0.25, 0.3) is 33.9 Å². The molecule has 0 amide bonds. The fourth-order valence-corrected chi connectivity index (χ4v) is 9.58. The number of hydrogen-bond acceptors (Lipinski definition) is 20. The molecular formula is C50H50ClIrN4O18S2-. The number of aromatic carboxylic acids is 4. The van der Waals surface area contributed by atoms with Gasteiger partial charge in [0.2, 0.25) is 0 Å². The summed E-state index contributed by atoms with van der Waals surface area (Å²) in [5.41, 5.74) is 3.51. The van der Waals surface area contributed by atoms with Gasteiger partial charge in [0.25, 0.3) is 0 Å². The van der Waals surface area contributed by atoms with Gasteiger partial charge in [0.1, 0.15) is 59.7 Å². The molecule has 0 unspecified atom stereocenters. The third kappa shape index (κ3) is 16.3. The first-order chi connectivity index (χ1) is 35.4. The second-order valence-corrected chi connectivity index (χ2v) is 18.5. The van der Waals surface area contributed by atoms with Crippen LogP contribution < -0.4 is 12.4 Å². The van der Waals surface area contributed by atoms with Crippen molar-refractivity contribution < 1.29 is 122 Å². The molecule has 12 N–H and O–H groups in total. The summed E-state index contributed by atoms with van der Waals surface area (Å²) in [6.07, 6.45) is -4.38. The van der Waals surface area contributed by atoms with E-state index in [9.17, 15) is 60.0 Å². The standard InChI is InChI=1S/C24H32N2O10S2.2C13H9NO4.ClH.Ir/c27-7-14-17(29)19(31)21(33)23(35-14)37-9-11-3-5-25-13(6-11)16-12(2-1-4-26-16)10-38-24-22(34)20(32)18(30)15(8-28)36-24;2*15-12(16)9-3-1-2-8(6-9)11-7-10(13(17)18)4-5-14-11;;/h1-6,14-15,17-24,27-34H,7-10H2;2*1-7H,(H,15,16)(H,17,18);1H;/p-1/t14-,15-,17-,18-,19+,20+,21-,22-,23+,24+;;;;/m1..../s1. The molecule has 0 aliphatic carbocycles. The van der Waals surface area contributed by atoms with E-state index in [2.05, 4.69) is 19.9 Å². The maximum atomic E-state index is 10.8. The predicted octanol–water partition coefficient (Wildman–Crippen LogP) is -0.499. The smallest absolute Gasteiger partial charge is 0.335 e. The first kappa shape index (κ1) is 62.7. The first-order valence-electron chi connectivity index (χ1n) is 22.2. The Hall–Kier alpha value is -5.84. The van der Waals surface area contributed by atoms with Gasteiger partial charge in [-0.3, -0.25) is 19.9 Å². The first-order valence-corrected chi connectivity index (χ1v) is 24.3. The van der Waals surface area contributed by atoms with Crippen molar-refractivity contribution in [3.63, 3.8) is 0 Å². The number of halogens is 1. The molecule has 2 aliphatic heterocycles. The summed E-state index contributed by atoms with van der Waals surface area (Å²) in [5, 5.41) is 115. The average Bonchev–Trinajstić information content (AvgIpc) is 3.42. The van der Waals surface area contributed by atoms with Crippen molar-refractivity contribution in [1.29, 1.82) is 0 Å². The number of nitrogens with zero attached hydrogens (tertiary/aromatic N) is 4. The van der Waals surface area contributed by atoms with E-state index < -0.39 is 96.8 Å². The number of aliphatic hydroxyl groups excluding tert-OH is 8. The van der Waals surface area contributed by atoms with Crippen LogP contribution in [0.3, 0.4) is 0 Å². The number of thioether (sulfide) groups is 2. The van der Waals surface area contributed by atoms with E-state index in [0.29, 0.717) is 45.4 Å². The molecule has 0 spiro atoms. The van der Waals surface area contributed by atoms with Gasteiger partial charge in [0.05, 0.1) is 58.2 Å². The van der Waals surface area contributed by atoms with Gasteiger partial charge >= 0.3 is 23.9 Å². The van der Waals surface area contributed by atoms with Crippen LogP contribution in [0.1, 0.15) is 52.6 Å². The Morgan fingerprint density at radius 2 is 0.882 bits per heavy atom. The van der Waals surface area contributed by atoms with Crippen molar-refractivity contribution in [2.75, 3.05) is 13.2 Å². The van der Waals surface area contributed by atoms with Crippen molar-refractivity contribution in [3.8, 4) is 33.9 Å². The minimum absolute atomic E-state index is 0. The van der Waals surface area contributed by atoms with Gasteiger partial charge in [-0.15, -0.1) is 23.5 Å². The van der Waals surface area contributed by atoms with E-state index in [1.54, 1.807) is 48.8 Å². The van der Waals surface area contributed by atoms with E-state index in [4.69, 9.17) is 29.9 Å². The van der Waals surface area contributed by atoms with Crippen molar-refractivity contribution in [2.24, 2.45) is 0 Å². The van der Waals surface area contributed by atoms with Gasteiger partial charge in [-0.2, -0.15) is 0 Å². The fraction of sp³-hybridized carbons (Fsp3) is 0.280. The fourth-order valence-electron chi connectivity index (χ4n) is 7.31. The molecule has 22 nitrogen and oxygen atoms in total. The molecule has 1 radical (unpaired) electrons. The Morgan fingerprint density at radius 1 is 0.461 bits per heavy atom. The van der Waals surface area contributed by atoms with Crippen molar-refractivity contribution in [1.82, 2.24) is 19.9 Å². The molecule has 8 rings (SSSR count). The number of carboxylic acid groups (broad SMARTS) is 4. The van der Waals surface area contributed by atoms with Crippen LogP contribution in [-0.4, -0.2) is 178 Å². The number of carboxylic acids is 4. The van der Waals surface area contributed by atoms with Gasteiger partial charge in [-0.25, -0.2) is 19.2 Å². The molecule has 2 saturated heterocycles. The molecule has 4 aromatic heterocycles. The number of benzene rings is 2. The summed E-state index contributed by atoms with van der Waals surface area (Å²) < 4.78 is 11.1. The summed E-state index contributed by atoms with van der Waals surface area (Å²) in [5.74, 6) is -3.46. The average molecular weight is 1290 g/mol. The van der Waals surface area contributed by atoms with Crippen LogP contribution in [0, 0.1) is 0 Å². The monoisotopic (exact) mass is 1290 g/mol. The molecule has 6 aromatic rings. The molecule has 2 aromatic carbocycles. The number of aromatic nitrogens is 4. The SMILES string of the molecule is O=C(O)c1cccc(-c2cc(C(=O)O)ccn2)c1.O=C(O)c1cccc(-c2cc(C(=O)O)ccn2)c1.OC[C@H]1O[C@@H](SCc2ccnc(-c3ncccc3CS[C@@H]3O[C@H](CO)[C@@H](O)[C@H](O)[C@H]3O)c2)[C@H](O)[C@@H](O)[C@@H]1O.[Cl-].[Ir].